The molecule has 1 amide bonds. The van der Waals surface area contributed by atoms with Crippen LogP contribution in [0.5, 0.6) is 0 Å². The Morgan fingerprint density at radius 2 is 2.30 bits per heavy atom. The maximum Gasteiger partial charge on any atom is 0.310 e. The summed E-state index contributed by atoms with van der Waals surface area (Å²) in [6.45, 7) is 3.29. The maximum atomic E-state index is 12.3. The van der Waals surface area contributed by atoms with Crippen molar-refractivity contribution in [3.8, 4) is 0 Å². The number of aromatic nitrogens is 1. The summed E-state index contributed by atoms with van der Waals surface area (Å²) in [5.74, 6) is -0.470. The molecule has 0 aliphatic carbocycles. The van der Waals surface area contributed by atoms with Crippen molar-refractivity contribution in [2.24, 2.45) is 5.92 Å². The molecule has 0 bridgehead atoms. The normalized spacial score (nSPS) is 18.1. The van der Waals surface area contributed by atoms with Gasteiger partial charge in [-0.2, -0.15) is 0 Å². The van der Waals surface area contributed by atoms with Crippen LogP contribution in [-0.4, -0.2) is 41.5 Å². The van der Waals surface area contributed by atoms with E-state index in [9.17, 15) is 9.59 Å². The number of hydrogen-bond donors (Lipinski definition) is 0. The second-order valence-corrected chi connectivity index (χ2v) is 4.58. The van der Waals surface area contributed by atoms with Gasteiger partial charge < -0.3 is 9.64 Å². The van der Waals surface area contributed by atoms with Crippen LogP contribution in [0.2, 0.25) is 0 Å². The molecular formula is C14H19ClN2O3. The lowest BCUT2D eigenvalue weighted by molar-refractivity contribution is -0.149. The molecule has 0 aromatic carbocycles. The van der Waals surface area contributed by atoms with Gasteiger partial charge in [0.25, 0.3) is 5.91 Å². The van der Waals surface area contributed by atoms with Gasteiger partial charge in [0, 0.05) is 25.5 Å². The summed E-state index contributed by atoms with van der Waals surface area (Å²) < 4.78 is 5.03. The lowest BCUT2D eigenvalue weighted by Gasteiger charge is -2.31. The van der Waals surface area contributed by atoms with Gasteiger partial charge in [-0.1, -0.05) is 0 Å². The lowest BCUT2D eigenvalue weighted by atomic mass is 9.97. The predicted octanol–water partition coefficient (Wildman–Crippen LogP) is 1.92. The van der Waals surface area contributed by atoms with Gasteiger partial charge in [0.15, 0.2) is 0 Å². The molecule has 1 aromatic rings. The van der Waals surface area contributed by atoms with E-state index in [1.54, 1.807) is 36.4 Å². The molecule has 110 valence electrons. The fourth-order valence-corrected chi connectivity index (χ4v) is 2.29. The number of carbonyl (C=O) groups is 2. The van der Waals surface area contributed by atoms with Crippen LogP contribution in [0.25, 0.3) is 0 Å². The Kier molecular flexibility index (Phi) is 6.45. The number of hydrogen-bond acceptors (Lipinski definition) is 4. The number of esters is 1. The van der Waals surface area contributed by atoms with Crippen molar-refractivity contribution in [3.63, 3.8) is 0 Å². The Labute approximate surface area is 124 Å². The molecule has 0 spiro atoms. The molecule has 1 aromatic heterocycles. The van der Waals surface area contributed by atoms with Crippen LogP contribution in [0, 0.1) is 5.92 Å². The molecule has 1 aliphatic rings. The zero-order valence-electron chi connectivity index (χ0n) is 11.4. The third kappa shape index (κ3) is 3.93. The number of amides is 1. The van der Waals surface area contributed by atoms with Crippen LogP contribution in [0.15, 0.2) is 24.5 Å². The molecular weight excluding hydrogens is 280 g/mol. The van der Waals surface area contributed by atoms with Crippen LogP contribution in [0.3, 0.4) is 0 Å². The molecule has 1 aliphatic heterocycles. The van der Waals surface area contributed by atoms with Gasteiger partial charge in [-0.3, -0.25) is 14.6 Å². The highest BCUT2D eigenvalue weighted by atomic mass is 35.5. The molecule has 1 saturated heterocycles. The number of rotatable bonds is 3. The first-order valence-corrected chi connectivity index (χ1v) is 6.58. The van der Waals surface area contributed by atoms with Gasteiger partial charge in [-0.05, 0) is 31.9 Å². The van der Waals surface area contributed by atoms with Crippen LogP contribution in [0.4, 0.5) is 0 Å². The Morgan fingerprint density at radius 1 is 1.50 bits per heavy atom. The largest absolute Gasteiger partial charge is 0.466 e. The molecule has 20 heavy (non-hydrogen) atoms. The molecule has 5 nitrogen and oxygen atoms in total. The quantitative estimate of drug-likeness (QED) is 0.800. The second-order valence-electron chi connectivity index (χ2n) is 4.58. The molecule has 6 heteroatoms. The fraction of sp³-hybridized carbons (Fsp3) is 0.500. The summed E-state index contributed by atoms with van der Waals surface area (Å²) >= 11 is 0. The van der Waals surface area contributed by atoms with Crippen molar-refractivity contribution >= 4 is 24.3 Å². The average molecular weight is 299 g/mol. The zero-order valence-corrected chi connectivity index (χ0v) is 12.3. The van der Waals surface area contributed by atoms with E-state index in [0.29, 0.717) is 25.3 Å². The van der Waals surface area contributed by atoms with E-state index in [1.807, 2.05) is 0 Å². The van der Waals surface area contributed by atoms with E-state index in [2.05, 4.69) is 4.98 Å². The van der Waals surface area contributed by atoms with Gasteiger partial charge >= 0.3 is 5.97 Å². The van der Waals surface area contributed by atoms with Crippen molar-refractivity contribution in [1.29, 1.82) is 0 Å². The van der Waals surface area contributed by atoms with E-state index < -0.39 is 0 Å². The number of carbonyl (C=O) groups excluding carboxylic acids is 2. The molecule has 0 N–H and O–H groups in total. The summed E-state index contributed by atoms with van der Waals surface area (Å²) in [7, 11) is 0. The minimum Gasteiger partial charge on any atom is -0.466 e. The molecule has 2 heterocycles. The minimum absolute atomic E-state index is 0. The molecule has 1 unspecified atom stereocenters. The van der Waals surface area contributed by atoms with Crippen LogP contribution in [0.1, 0.15) is 30.1 Å². The first-order chi connectivity index (χ1) is 9.22. The van der Waals surface area contributed by atoms with Crippen molar-refractivity contribution in [1.82, 2.24) is 9.88 Å². The molecule has 0 radical (unpaired) electrons. The Hall–Kier alpha value is -1.62. The Bertz CT molecular complexity index is 453. The van der Waals surface area contributed by atoms with Gasteiger partial charge in [-0.25, -0.2) is 0 Å². The third-order valence-electron chi connectivity index (χ3n) is 3.24. The number of halogens is 1. The number of likely N-dealkylation sites (tertiary alicyclic amines) is 1. The average Bonchev–Trinajstić information content (AvgIpc) is 2.48. The minimum atomic E-state index is -0.203. The van der Waals surface area contributed by atoms with Crippen LogP contribution >= 0.6 is 12.4 Å². The van der Waals surface area contributed by atoms with Gasteiger partial charge in [0.05, 0.1) is 18.1 Å². The number of pyridine rings is 1. The zero-order chi connectivity index (χ0) is 13.7. The lowest BCUT2D eigenvalue weighted by Crippen LogP contribution is -2.42. The smallest absolute Gasteiger partial charge is 0.310 e. The highest BCUT2D eigenvalue weighted by Crippen LogP contribution is 2.19. The van der Waals surface area contributed by atoms with Gasteiger partial charge in [0.2, 0.25) is 0 Å². The van der Waals surface area contributed by atoms with E-state index in [4.69, 9.17) is 4.74 Å². The van der Waals surface area contributed by atoms with E-state index in [0.717, 1.165) is 12.8 Å². The van der Waals surface area contributed by atoms with Crippen molar-refractivity contribution < 1.29 is 14.3 Å². The van der Waals surface area contributed by atoms with E-state index >= 15 is 0 Å². The number of piperidine rings is 1. The van der Waals surface area contributed by atoms with Crippen molar-refractivity contribution in [2.75, 3.05) is 19.7 Å². The van der Waals surface area contributed by atoms with Crippen LogP contribution in [-0.2, 0) is 9.53 Å². The third-order valence-corrected chi connectivity index (χ3v) is 3.24. The summed E-state index contributed by atoms with van der Waals surface area (Å²) in [6, 6.07) is 3.48. The number of ether oxygens (including phenoxy) is 1. The van der Waals surface area contributed by atoms with Crippen LogP contribution < -0.4 is 0 Å². The first kappa shape index (κ1) is 16.4. The molecule has 0 saturated carbocycles. The van der Waals surface area contributed by atoms with Gasteiger partial charge in [0.1, 0.15) is 0 Å². The SMILES string of the molecule is CCOC(=O)C1CCCN(C(=O)c2cccnc2)C1.Cl. The highest BCUT2D eigenvalue weighted by Gasteiger charge is 2.29. The molecule has 2 rings (SSSR count). The predicted molar refractivity (Wildman–Crippen MR) is 76.7 cm³/mol. The molecule has 1 atom stereocenters. The summed E-state index contributed by atoms with van der Waals surface area (Å²) in [4.78, 5) is 29.6. The highest BCUT2D eigenvalue weighted by molar-refractivity contribution is 5.94. The van der Waals surface area contributed by atoms with E-state index in [1.165, 1.54) is 0 Å². The van der Waals surface area contributed by atoms with Crippen molar-refractivity contribution in [2.45, 2.75) is 19.8 Å². The number of nitrogens with zero attached hydrogens (tertiary/aromatic N) is 2. The second kappa shape index (κ2) is 7.85. The summed E-state index contributed by atoms with van der Waals surface area (Å²) in [5.41, 5.74) is 0.562. The maximum absolute atomic E-state index is 12.3. The fourth-order valence-electron chi connectivity index (χ4n) is 2.29. The first-order valence-electron chi connectivity index (χ1n) is 6.58. The summed E-state index contributed by atoms with van der Waals surface area (Å²) in [6.07, 6.45) is 4.80. The van der Waals surface area contributed by atoms with Gasteiger partial charge in [-0.15, -0.1) is 12.4 Å². The topological polar surface area (TPSA) is 59.5 Å². The van der Waals surface area contributed by atoms with Crippen molar-refractivity contribution in [3.05, 3.63) is 30.1 Å². The van der Waals surface area contributed by atoms with E-state index in [-0.39, 0.29) is 30.2 Å². The Morgan fingerprint density at radius 3 is 2.95 bits per heavy atom. The Balaban J connectivity index is 0.00000200. The monoisotopic (exact) mass is 298 g/mol. The molecule has 1 fully saturated rings. The summed E-state index contributed by atoms with van der Waals surface area (Å²) in [5, 5.41) is 0. The standard InChI is InChI=1S/C14H18N2O3.ClH/c1-2-19-14(18)12-6-4-8-16(10-12)13(17)11-5-3-7-15-9-11;/h3,5,7,9,12H,2,4,6,8,10H2,1H3;1H.